The Bertz CT molecular complexity index is 358. The third kappa shape index (κ3) is 4.63. The summed E-state index contributed by atoms with van der Waals surface area (Å²) < 4.78 is 19.1. The van der Waals surface area contributed by atoms with Crippen molar-refractivity contribution < 1.29 is 14.2 Å². The maximum absolute atomic E-state index is 13.8. The molecule has 1 unspecified atom stereocenters. The Morgan fingerprint density at radius 2 is 2.17 bits per heavy atom. The van der Waals surface area contributed by atoms with Gasteiger partial charge in [0.15, 0.2) is 11.6 Å². The van der Waals surface area contributed by atoms with Crippen LogP contribution in [0.2, 0.25) is 0 Å². The number of hydrogen-bond acceptors (Lipinski definition) is 3. The first-order chi connectivity index (χ1) is 8.69. The van der Waals surface area contributed by atoms with Crippen molar-refractivity contribution in [1.29, 1.82) is 0 Å². The molecule has 4 heteroatoms. The van der Waals surface area contributed by atoms with Crippen LogP contribution in [0.5, 0.6) is 5.75 Å². The second-order valence-electron chi connectivity index (χ2n) is 4.25. The quantitative estimate of drug-likeness (QED) is 0.702. The van der Waals surface area contributed by atoms with Gasteiger partial charge >= 0.3 is 0 Å². The molecule has 0 aromatic heterocycles. The highest BCUT2D eigenvalue weighted by atomic mass is 19.1. The molecular formula is C14H22FNO2. The lowest BCUT2D eigenvalue weighted by Gasteiger charge is -2.14. The lowest BCUT2D eigenvalue weighted by atomic mass is 10.1. The maximum atomic E-state index is 13.8. The predicted octanol–water partition coefficient (Wildman–Crippen LogP) is 2.65. The summed E-state index contributed by atoms with van der Waals surface area (Å²) in [6, 6.07) is 5.18. The second kappa shape index (κ2) is 8.06. The minimum atomic E-state index is -0.332. The van der Waals surface area contributed by atoms with Crippen LogP contribution in [0.4, 0.5) is 4.39 Å². The van der Waals surface area contributed by atoms with Gasteiger partial charge < -0.3 is 15.2 Å². The summed E-state index contributed by atoms with van der Waals surface area (Å²) in [5, 5.41) is 11.9. The highest BCUT2D eigenvalue weighted by molar-refractivity contribution is 5.30. The molecule has 0 bridgehead atoms. The highest BCUT2D eigenvalue weighted by Crippen LogP contribution is 2.22. The molecule has 102 valence electrons. The van der Waals surface area contributed by atoms with Crippen molar-refractivity contribution in [3.63, 3.8) is 0 Å². The first-order valence-corrected chi connectivity index (χ1v) is 6.45. The van der Waals surface area contributed by atoms with Crippen molar-refractivity contribution in [2.24, 2.45) is 0 Å². The fourth-order valence-electron chi connectivity index (χ4n) is 1.72. The van der Waals surface area contributed by atoms with E-state index in [2.05, 4.69) is 5.32 Å². The molecule has 2 N–H and O–H groups in total. The van der Waals surface area contributed by atoms with Crippen LogP contribution in [0, 0.1) is 5.82 Å². The topological polar surface area (TPSA) is 41.5 Å². The van der Waals surface area contributed by atoms with E-state index in [0.717, 1.165) is 18.5 Å². The standard InChI is InChI=1S/C14H22FNO2/c1-3-16-11(2)12-6-7-14(13(15)10-12)18-9-5-4-8-17/h6-7,10-11,16-17H,3-5,8-9H2,1-2H3. The Kier molecular flexibility index (Phi) is 6.68. The van der Waals surface area contributed by atoms with E-state index in [0.29, 0.717) is 13.0 Å². The van der Waals surface area contributed by atoms with Crippen LogP contribution in [-0.2, 0) is 0 Å². The van der Waals surface area contributed by atoms with Gasteiger partial charge in [-0.1, -0.05) is 13.0 Å². The molecular weight excluding hydrogens is 233 g/mol. The number of halogens is 1. The number of aliphatic hydroxyl groups excluding tert-OH is 1. The number of nitrogens with one attached hydrogen (secondary N) is 1. The lowest BCUT2D eigenvalue weighted by Crippen LogP contribution is -2.17. The van der Waals surface area contributed by atoms with Gasteiger partial charge in [0.05, 0.1) is 6.61 Å². The number of benzene rings is 1. The molecule has 0 saturated heterocycles. The summed E-state index contributed by atoms with van der Waals surface area (Å²) in [7, 11) is 0. The first kappa shape index (κ1) is 14.9. The zero-order valence-corrected chi connectivity index (χ0v) is 11.1. The smallest absolute Gasteiger partial charge is 0.165 e. The zero-order chi connectivity index (χ0) is 13.4. The Morgan fingerprint density at radius 3 is 2.78 bits per heavy atom. The summed E-state index contributed by atoms with van der Waals surface area (Å²) in [4.78, 5) is 0. The van der Waals surface area contributed by atoms with Crippen molar-refractivity contribution in [2.45, 2.75) is 32.7 Å². The Labute approximate surface area is 108 Å². The fraction of sp³-hybridized carbons (Fsp3) is 0.571. The van der Waals surface area contributed by atoms with E-state index in [4.69, 9.17) is 9.84 Å². The SMILES string of the molecule is CCNC(C)c1ccc(OCCCCO)c(F)c1. The van der Waals surface area contributed by atoms with Crippen molar-refractivity contribution in [3.05, 3.63) is 29.6 Å². The molecule has 0 aliphatic rings. The number of rotatable bonds is 8. The molecule has 0 aliphatic carbocycles. The van der Waals surface area contributed by atoms with Crippen LogP contribution >= 0.6 is 0 Å². The van der Waals surface area contributed by atoms with Crippen molar-refractivity contribution in [1.82, 2.24) is 5.32 Å². The van der Waals surface area contributed by atoms with Gasteiger partial charge in [-0.2, -0.15) is 0 Å². The second-order valence-corrected chi connectivity index (χ2v) is 4.25. The number of ether oxygens (including phenoxy) is 1. The molecule has 1 aromatic rings. The summed E-state index contributed by atoms with van der Waals surface area (Å²) in [6.45, 7) is 5.44. The van der Waals surface area contributed by atoms with Crippen molar-refractivity contribution in [3.8, 4) is 5.75 Å². The summed E-state index contributed by atoms with van der Waals surface area (Å²) in [5.74, 6) is -0.0540. The molecule has 0 fully saturated rings. The zero-order valence-electron chi connectivity index (χ0n) is 11.1. The molecule has 1 atom stereocenters. The van der Waals surface area contributed by atoms with Crippen LogP contribution in [0.25, 0.3) is 0 Å². The highest BCUT2D eigenvalue weighted by Gasteiger charge is 2.09. The monoisotopic (exact) mass is 255 g/mol. The molecule has 0 amide bonds. The predicted molar refractivity (Wildman–Crippen MR) is 70.3 cm³/mol. The summed E-state index contributed by atoms with van der Waals surface area (Å²) in [6.07, 6.45) is 1.41. The summed E-state index contributed by atoms with van der Waals surface area (Å²) >= 11 is 0. The first-order valence-electron chi connectivity index (χ1n) is 6.45. The Balaban J connectivity index is 2.56. The van der Waals surface area contributed by atoms with Crippen LogP contribution in [-0.4, -0.2) is 24.9 Å². The lowest BCUT2D eigenvalue weighted by molar-refractivity contribution is 0.248. The van der Waals surface area contributed by atoms with E-state index in [9.17, 15) is 4.39 Å². The van der Waals surface area contributed by atoms with E-state index in [1.807, 2.05) is 19.9 Å². The Morgan fingerprint density at radius 1 is 1.39 bits per heavy atom. The minimum Gasteiger partial charge on any atom is -0.491 e. The molecule has 0 aliphatic heterocycles. The van der Waals surface area contributed by atoms with Gasteiger partial charge in [-0.15, -0.1) is 0 Å². The third-order valence-corrected chi connectivity index (χ3v) is 2.78. The normalized spacial score (nSPS) is 12.4. The van der Waals surface area contributed by atoms with E-state index in [1.54, 1.807) is 6.07 Å². The molecule has 1 aromatic carbocycles. The van der Waals surface area contributed by atoms with Crippen molar-refractivity contribution in [2.75, 3.05) is 19.8 Å². The molecule has 3 nitrogen and oxygen atoms in total. The van der Waals surface area contributed by atoms with Gasteiger partial charge in [0, 0.05) is 12.6 Å². The molecule has 18 heavy (non-hydrogen) atoms. The number of hydrogen-bond donors (Lipinski definition) is 2. The van der Waals surface area contributed by atoms with E-state index in [1.165, 1.54) is 6.07 Å². The van der Waals surface area contributed by atoms with Crippen LogP contribution in [0.3, 0.4) is 0 Å². The average molecular weight is 255 g/mol. The van der Waals surface area contributed by atoms with E-state index in [-0.39, 0.29) is 24.2 Å². The van der Waals surface area contributed by atoms with E-state index >= 15 is 0 Å². The van der Waals surface area contributed by atoms with Gasteiger partial charge in [0.1, 0.15) is 0 Å². The largest absolute Gasteiger partial charge is 0.491 e. The summed E-state index contributed by atoms with van der Waals surface area (Å²) in [5.41, 5.74) is 0.914. The maximum Gasteiger partial charge on any atom is 0.165 e. The van der Waals surface area contributed by atoms with Gasteiger partial charge in [0.25, 0.3) is 0 Å². The van der Waals surface area contributed by atoms with Crippen LogP contribution in [0.15, 0.2) is 18.2 Å². The molecule has 0 spiro atoms. The molecule has 0 saturated carbocycles. The van der Waals surface area contributed by atoms with Gasteiger partial charge in [-0.05, 0) is 44.0 Å². The molecule has 0 radical (unpaired) electrons. The van der Waals surface area contributed by atoms with Gasteiger partial charge in [-0.25, -0.2) is 4.39 Å². The number of aliphatic hydroxyl groups is 1. The van der Waals surface area contributed by atoms with Crippen molar-refractivity contribution >= 4 is 0 Å². The third-order valence-electron chi connectivity index (χ3n) is 2.78. The number of unbranched alkanes of at least 4 members (excludes halogenated alkanes) is 1. The molecule has 0 heterocycles. The Hall–Kier alpha value is -1.13. The fourth-order valence-corrected chi connectivity index (χ4v) is 1.72. The van der Waals surface area contributed by atoms with Crippen LogP contribution in [0.1, 0.15) is 38.3 Å². The minimum absolute atomic E-state index is 0.132. The average Bonchev–Trinajstić information content (AvgIpc) is 2.36. The van der Waals surface area contributed by atoms with Crippen LogP contribution < -0.4 is 10.1 Å². The van der Waals surface area contributed by atoms with Gasteiger partial charge in [0.2, 0.25) is 0 Å². The van der Waals surface area contributed by atoms with Gasteiger partial charge in [-0.3, -0.25) is 0 Å². The van der Waals surface area contributed by atoms with E-state index < -0.39 is 0 Å². The molecule has 1 rings (SSSR count).